The SMILES string of the molecule is COCCCNC(=O)c1cccc(C(=O)Nc2cccc(C)c2C)n1. The first-order chi connectivity index (χ1) is 12.0. The normalized spacial score (nSPS) is 10.4. The third-order valence-electron chi connectivity index (χ3n) is 3.88. The van der Waals surface area contributed by atoms with Gasteiger partial charge in [-0.2, -0.15) is 0 Å². The van der Waals surface area contributed by atoms with E-state index in [0.29, 0.717) is 13.2 Å². The second-order valence-corrected chi connectivity index (χ2v) is 5.71. The van der Waals surface area contributed by atoms with Crippen LogP contribution < -0.4 is 10.6 Å². The fraction of sp³-hybridized carbons (Fsp3) is 0.316. The van der Waals surface area contributed by atoms with Gasteiger partial charge >= 0.3 is 0 Å². The molecule has 25 heavy (non-hydrogen) atoms. The van der Waals surface area contributed by atoms with Gasteiger partial charge in [0.25, 0.3) is 11.8 Å². The Labute approximate surface area is 147 Å². The standard InChI is InChI=1S/C19H23N3O3/c1-13-7-4-8-15(14(13)2)22-19(24)17-10-5-9-16(21-17)18(23)20-11-6-12-25-3/h4-5,7-10H,6,11-12H2,1-3H3,(H,20,23)(H,22,24). The molecule has 0 fully saturated rings. The van der Waals surface area contributed by atoms with E-state index >= 15 is 0 Å². The van der Waals surface area contributed by atoms with Crippen molar-refractivity contribution in [3.05, 3.63) is 58.9 Å². The summed E-state index contributed by atoms with van der Waals surface area (Å²) >= 11 is 0. The highest BCUT2D eigenvalue weighted by Gasteiger charge is 2.13. The first-order valence-electron chi connectivity index (χ1n) is 8.14. The van der Waals surface area contributed by atoms with Crippen molar-refractivity contribution >= 4 is 17.5 Å². The summed E-state index contributed by atoms with van der Waals surface area (Å²) < 4.78 is 4.93. The molecule has 0 radical (unpaired) electrons. The number of nitrogens with one attached hydrogen (secondary N) is 2. The Kier molecular flexibility index (Phi) is 6.65. The van der Waals surface area contributed by atoms with Gasteiger partial charge in [-0.05, 0) is 49.6 Å². The molecule has 1 heterocycles. The molecule has 0 unspecified atom stereocenters. The summed E-state index contributed by atoms with van der Waals surface area (Å²) in [5, 5.41) is 5.60. The number of rotatable bonds is 7. The average molecular weight is 341 g/mol. The number of hydrogen-bond donors (Lipinski definition) is 2. The van der Waals surface area contributed by atoms with E-state index in [1.54, 1.807) is 25.3 Å². The van der Waals surface area contributed by atoms with Crippen LogP contribution in [0.1, 0.15) is 38.5 Å². The quantitative estimate of drug-likeness (QED) is 0.759. The minimum Gasteiger partial charge on any atom is -0.385 e. The van der Waals surface area contributed by atoms with Gasteiger partial charge in [0, 0.05) is 25.9 Å². The molecule has 2 aromatic rings. The van der Waals surface area contributed by atoms with Crippen LogP contribution in [-0.2, 0) is 4.74 Å². The van der Waals surface area contributed by atoms with Crippen molar-refractivity contribution < 1.29 is 14.3 Å². The lowest BCUT2D eigenvalue weighted by molar-refractivity contribution is 0.0943. The van der Waals surface area contributed by atoms with Crippen molar-refractivity contribution in [3.8, 4) is 0 Å². The molecule has 6 nitrogen and oxygen atoms in total. The third-order valence-corrected chi connectivity index (χ3v) is 3.88. The van der Waals surface area contributed by atoms with Crippen LogP contribution in [0.5, 0.6) is 0 Å². The molecule has 0 aliphatic carbocycles. The van der Waals surface area contributed by atoms with Crippen LogP contribution in [0.25, 0.3) is 0 Å². The molecule has 1 aromatic heterocycles. The molecular formula is C19H23N3O3. The maximum atomic E-state index is 12.4. The van der Waals surface area contributed by atoms with Gasteiger partial charge in [-0.1, -0.05) is 18.2 Å². The van der Waals surface area contributed by atoms with Gasteiger partial charge in [-0.15, -0.1) is 0 Å². The molecule has 0 atom stereocenters. The number of aromatic nitrogens is 1. The van der Waals surface area contributed by atoms with Crippen molar-refractivity contribution in [3.63, 3.8) is 0 Å². The third kappa shape index (κ3) is 5.12. The summed E-state index contributed by atoms with van der Waals surface area (Å²) in [6.45, 7) is 5.00. The first kappa shape index (κ1) is 18.6. The molecule has 0 saturated carbocycles. The van der Waals surface area contributed by atoms with Crippen molar-refractivity contribution in [2.45, 2.75) is 20.3 Å². The van der Waals surface area contributed by atoms with E-state index in [0.717, 1.165) is 23.2 Å². The summed E-state index contributed by atoms with van der Waals surface area (Å²) in [6.07, 6.45) is 0.717. The molecule has 2 rings (SSSR count). The van der Waals surface area contributed by atoms with Crippen LogP contribution in [0.3, 0.4) is 0 Å². The Bertz CT molecular complexity index is 759. The Balaban J connectivity index is 2.06. The summed E-state index contributed by atoms with van der Waals surface area (Å²) in [6, 6.07) is 10.5. The van der Waals surface area contributed by atoms with Gasteiger partial charge in [-0.25, -0.2) is 4.98 Å². The molecule has 132 valence electrons. The second-order valence-electron chi connectivity index (χ2n) is 5.71. The number of carbonyl (C=O) groups excluding carboxylic acids is 2. The lowest BCUT2D eigenvalue weighted by Crippen LogP contribution is -2.27. The van der Waals surface area contributed by atoms with Crippen LogP contribution in [0, 0.1) is 13.8 Å². The predicted octanol–water partition coefficient (Wildman–Crippen LogP) is 2.72. The maximum absolute atomic E-state index is 12.4. The number of methoxy groups -OCH3 is 1. The number of aryl methyl sites for hydroxylation is 1. The summed E-state index contributed by atoms with van der Waals surface area (Å²) in [5.74, 6) is -0.653. The Morgan fingerprint density at radius 1 is 1.04 bits per heavy atom. The van der Waals surface area contributed by atoms with E-state index in [9.17, 15) is 9.59 Å². The van der Waals surface area contributed by atoms with Gasteiger partial charge in [-0.3, -0.25) is 9.59 Å². The van der Waals surface area contributed by atoms with Crippen molar-refractivity contribution in [1.29, 1.82) is 0 Å². The highest BCUT2D eigenvalue weighted by Crippen LogP contribution is 2.18. The zero-order valence-electron chi connectivity index (χ0n) is 14.8. The van der Waals surface area contributed by atoms with Gasteiger partial charge in [0.1, 0.15) is 11.4 Å². The highest BCUT2D eigenvalue weighted by atomic mass is 16.5. The van der Waals surface area contributed by atoms with Crippen LogP contribution >= 0.6 is 0 Å². The van der Waals surface area contributed by atoms with E-state index in [1.807, 2.05) is 32.0 Å². The average Bonchev–Trinajstić information content (AvgIpc) is 2.62. The Morgan fingerprint density at radius 2 is 1.72 bits per heavy atom. The van der Waals surface area contributed by atoms with Gasteiger partial charge in [0.05, 0.1) is 0 Å². The van der Waals surface area contributed by atoms with Crippen molar-refractivity contribution in [2.75, 3.05) is 25.6 Å². The van der Waals surface area contributed by atoms with Crippen LogP contribution in [0.15, 0.2) is 36.4 Å². The summed E-state index contributed by atoms with van der Waals surface area (Å²) in [4.78, 5) is 28.7. The monoisotopic (exact) mass is 341 g/mol. The molecule has 0 saturated heterocycles. The number of ether oxygens (including phenoxy) is 1. The number of carbonyl (C=O) groups is 2. The van der Waals surface area contributed by atoms with E-state index in [4.69, 9.17) is 4.74 Å². The van der Waals surface area contributed by atoms with Crippen LogP contribution in [0.4, 0.5) is 5.69 Å². The smallest absolute Gasteiger partial charge is 0.274 e. The molecule has 1 aromatic carbocycles. The fourth-order valence-electron chi connectivity index (χ4n) is 2.27. The molecule has 0 spiro atoms. The van der Waals surface area contributed by atoms with Gasteiger partial charge in [0.2, 0.25) is 0 Å². The minimum atomic E-state index is -0.345. The number of hydrogen-bond acceptors (Lipinski definition) is 4. The largest absolute Gasteiger partial charge is 0.385 e. The Hall–Kier alpha value is -2.73. The fourth-order valence-corrected chi connectivity index (χ4v) is 2.27. The van der Waals surface area contributed by atoms with Crippen molar-refractivity contribution in [1.82, 2.24) is 10.3 Å². The number of nitrogens with zero attached hydrogens (tertiary/aromatic N) is 1. The van der Waals surface area contributed by atoms with E-state index in [2.05, 4.69) is 15.6 Å². The van der Waals surface area contributed by atoms with E-state index in [-0.39, 0.29) is 23.2 Å². The lowest BCUT2D eigenvalue weighted by Gasteiger charge is -2.10. The van der Waals surface area contributed by atoms with Crippen molar-refractivity contribution in [2.24, 2.45) is 0 Å². The van der Waals surface area contributed by atoms with Crippen LogP contribution in [0.2, 0.25) is 0 Å². The predicted molar refractivity (Wildman–Crippen MR) is 96.9 cm³/mol. The zero-order valence-corrected chi connectivity index (χ0v) is 14.8. The van der Waals surface area contributed by atoms with Gasteiger partial charge in [0.15, 0.2) is 0 Å². The maximum Gasteiger partial charge on any atom is 0.274 e. The number of anilines is 1. The van der Waals surface area contributed by atoms with Crippen LogP contribution in [-0.4, -0.2) is 37.1 Å². The molecule has 6 heteroatoms. The molecule has 2 amide bonds. The lowest BCUT2D eigenvalue weighted by atomic mass is 10.1. The molecule has 0 bridgehead atoms. The summed E-state index contributed by atoms with van der Waals surface area (Å²) in [5.41, 5.74) is 3.25. The second kappa shape index (κ2) is 8.94. The number of pyridine rings is 1. The number of benzene rings is 1. The molecule has 0 aliphatic rings. The molecular weight excluding hydrogens is 318 g/mol. The van der Waals surface area contributed by atoms with Gasteiger partial charge < -0.3 is 15.4 Å². The summed E-state index contributed by atoms with van der Waals surface area (Å²) in [7, 11) is 1.61. The molecule has 0 aliphatic heterocycles. The highest BCUT2D eigenvalue weighted by molar-refractivity contribution is 6.04. The molecule has 2 N–H and O–H groups in total. The first-order valence-corrected chi connectivity index (χ1v) is 8.14. The van der Waals surface area contributed by atoms with E-state index < -0.39 is 0 Å². The zero-order chi connectivity index (χ0) is 18.2. The topological polar surface area (TPSA) is 80.3 Å². The van der Waals surface area contributed by atoms with E-state index in [1.165, 1.54) is 0 Å². The minimum absolute atomic E-state index is 0.199. The number of amides is 2. The Morgan fingerprint density at radius 3 is 2.44 bits per heavy atom.